The predicted molar refractivity (Wildman–Crippen MR) is 102 cm³/mol. The van der Waals surface area contributed by atoms with Crippen molar-refractivity contribution < 1.29 is 17.7 Å². The van der Waals surface area contributed by atoms with Crippen LogP contribution >= 0.6 is 0 Å². The van der Waals surface area contributed by atoms with Gasteiger partial charge in [-0.25, -0.2) is 0 Å². The second-order valence-electron chi connectivity index (χ2n) is 6.10. The maximum Gasteiger partial charge on any atom is 0.339 e. The Morgan fingerprint density at radius 3 is 0.913 bits per heavy atom. The molecule has 0 atom stereocenters. The molecule has 6 heteroatoms. The molecule has 23 heavy (non-hydrogen) atoms. The van der Waals surface area contributed by atoms with Crippen LogP contribution in [0, 0.1) is 0 Å². The van der Waals surface area contributed by atoms with Gasteiger partial charge in [-0.15, -0.1) is 0 Å². The number of hydrogen-bond donors (Lipinski definition) is 0. The average molecular weight is 365 g/mol. The minimum Gasteiger partial charge on any atom is -0.394 e. The van der Waals surface area contributed by atoms with E-state index in [1.807, 2.05) is 0 Å². The van der Waals surface area contributed by atoms with E-state index in [0.29, 0.717) is 0 Å². The first-order valence-electron chi connectivity index (χ1n) is 9.63. The Balaban J connectivity index is 5.24. The summed E-state index contributed by atoms with van der Waals surface area (Å²) in [6.07, 6.45) is 4.10. The van der Waals surface area contributed by atoms with Gasteiger partial charge in [0.1, 0.15) is 0 Å². The fourth-order valence-corrected chi connectivity index (χ4v) is 12.7. The van der Waals surface area contributed by atoms with Crippen LogP contribution in [0.4, 0.5) is 0 Å². The second-order valence-corrected chi connectivity index (χ2v) is 13.7. The van der Waals surface area contributed by atoms with E-state index in [1.54, 1.807) is 0 Å². The van der Waals surface area contributed by atoms with Gasteiger partial charge < -0.3 is 17.7 Å². The first-order chi connectivity index (χ1) is 11.1. The van der Waals surface area contributed by atoms with Crippen LogP contribution in [0.5, 0.6) is 0 Å². The largest absolute Gasteiger partial charge is 0.394 e. The van der Waals surface area contributed by atoms with E-state index in [9.17, 15) is 0 Å². The lowest BCUT2D eigenvalue weighted by Gasteiger charge is -2.38. The SMILES string of the molecule is CCCO[Si](CC)(C[Si](CC)(OCCC)OCCC)OCCC. The molecule has 0 aromatic carbocycles. The number of hydrogen-bond acceptors (Lipinski definition) is 4. The lowest BCUT2D eigenvalue weighted by atomic mass is 10.5. The van der Waals surface area contributed by atoms with Gasteiger partial charge in [0, 0.05) is 32.1 Å². The molecule has 0 aromatic heterocycles. The Bertz CT molecular complexity index is 235. The van der Waals surface area contributed by atoms with Crippen molar-refractivity contribution >= 4 is 17.1 Å². The third kappa shape index (κ3) is 8.79. The quantitative estimate of drug-likeness (QED) is 0.355. The standard InChI is InChI=1S/C17H40O4Si2/c1-7-13-18-22(11-5,19-14-8-2)17-23(12-6,20-15-9-3)21-16-10-4/h7-17H2,1-6H3. The van der Waals surface area contributed by atoms with Crippen LogP contribution in [0.2, 0.25) is 17.8 Å². The van der Waals surface area contributed by atoms with Gasteiger partial charge in [-0.05, 0) is 37.8 Å². The predicted octanol–water partition coefficient (Wildman–Crippen LogP) is 5.16. The van der Waals surface area contributed by atoms with Crippen LogP contribution in [0.3, 0.4) is 0 Å². The van der Waals surface area contributed by atoms with Crippen molar-refractivity contribution in [3.8, 4) is 0 Å². The maximum atomic E-state index is 6.34. The maximum absolute atomic E-state index is 6.34. The monoisotopic (exact) mass is 364 g/mol. The van der Waals surface area contributed by atoms with Crippen LogP contribution in [0.25, 0.3) is 0 Å². The summed E-state index contributed by atoms with van der Waals surface area (Å²) in [5.74, 6) is 0. The molecule has 4 nitrogen and oxygen atoms in total. The highest BCUT2D eigenvalue weighted by molar-refractivity contribution is 6.86. The molecule has 0 rings (SSSR count). The fraction of sp³-hybridized carbons (Fsp3) is 1.00. The van der Waals surface area contributed by atoms with Gasteiger partial charge in [-0.3, -0.25) is 0 Å². The molecule has 0 saturated carbocycles. The molecule has 0 bridgehead atoms. The van der Waals surface area contributed by atoms with Crippen molar-refractivity contribution in [2.45, 2.75) is 85.0 Å². The highest BCUT2D eigenvalue weighted by Gasteiger charge is 2.49. The molecule has 0 aliphatic heterocycles. The van der Waals surface area contributed by atoms with Crippen molar-refractivity contribution in [2.75, 3.05) is 26.4 Å². The van der Waals surface area contributed by atoms with E-state index >= 15 is 0 Å². The van der Waals surface area contributed by atoms with Crippen LogP contribution in [-0.2, 0) is 17.7 Å². The third-order valence-corrected chi connectivity index (χ3v) is 13.3. The molecule has 0 fully saturated rings. The van der Waals surface area contributed by atoms with Gasteiger partial charge in [0.25, 0.3) is 0 Å². The molecule has 0 saturated heterocycles. The zero-order valence-electron chi connectivity index (χ0n) is 16.4. The average Bonchev–Trinajstić information content (AvgIpc) is 2.60. The molecule has 140 valence electrons. The van der Waals surface area contributed by atoms with Crippen molar-refractivity contribution in [3.05, 3.63) is 0 Å². The zero-order valence-corrected chi connectivity index (χ0v) is 18.4. The van der Waals surface area contributed by atoms with Gasteiger partial charge in [0.05, 0.1) is 0 Å². The first-order valence-corrected chi connectivity index (χ1v) is 14.1. The van der Waals surface area contributed by atoms with Crippen LogP contribution in [0.1, 0.15) is 67.2 Å². The Labute approximate surface area is 146 Å². The zero-order chi connectivity index (χ0) is 17.6. The lowest BCUT2D eigenvalue weighted by molar-refractivity contribution is 0.148. The molecular weight excluding hydrogens is 324 g/mol. The minimum atomic E-state index is -2.26. The Morgan fingerprint density at radius 1 is 0.478 bits per heavy atom. The van der Waals surface area contributed by atoms with Crippen LogP contribution in [-0.4, -0.2) is 43.5 Å². The summed E-state index contributed by atoms with van der Waals surface area (Å²) in [5, 5.41) is 0. The van der Waals surface area contributed by atoms with Crippen molar-refractivity contribution in [3.63, 3.8) is 0 Å². The number of rotatable bonds is 16. The van der Waals surface area contributed by atoms with E-state index in [4.69, 9.17) is 17.7 Å². The molecule has 0 amide bonds. The van der Waals surface area contributed by atoms with Gasteiger partial charge in [0.2, 0.25) is 0 Å². The molecule has 0 aromatic rings. The normalized spacial score (nSPS) is 12.8. The first kappa shape index (κ1) is 23.3. The highest BCUT2D eigenvalue weighted by Crippen LogP contribution is 2.30. The molecule has 0 N–H and O–H groups in total. The lowest BCUT2D eigenvalue weighted by Crippen LogP contribution is -2.55. The highest BCUT2D eigenvalue weighted by atomic mass is 28.4. The van der Waals surface area contributed by atoms with E-state index < -0.39 is 17.1 Å². The van der Waals surface area contributed by atoms with E-state index in [2.05, 4.69) is 41.5 Å². The Hall–Kier alpha value is 0.274. The van der Waals surface area contributed by atoms with Crippen molar-refractivity contribution in [2.24, 2.45) is 0 Å². The van der Waals surface area contributed by atoms with Gasteiger partial charge >= 0.3 is 17.1 Å². The van der Waals surface area contributed by atoms with Crippen molar-refractivity contribution in [1.29, 1.82) is 0 Å². The molecule has 0 spiro atoms. The van der Waals surface area contributed by atoms with Crippen LogP contribution < -0.4 is 0 Å². The van der Waals surface area contributed by atoms with E-state index in [-0.39, 0.29) is 0 Å². The Morgan fingerprint density at radius 2 is 0.739 bits per heavy atom. The van der Waals surface area contributed by atoms with Gasteiger partial charge in [-0.2, -0.15) is 0 Å². The summed E-state index contributed by atoms with van der Waals surface area (Å²) < 4.78 is 25.4. The van der Waals surface area contributed by atoms with Crippen LogP contribution in [0.15, 0.2) is 0 Å². The summed E-state index contributed by atoms with van der Waals surface area (Å²) in [5.41, 5.74) is 0.896. The van der Waals surface area contributed by atoms with Gasteiger partial charge in [0.15, 0.2) is 0 Å². The molecule has 0 aliphatic carbocycles. The van der Waals surface area contributed by atoms with Crippen molar-refractivity contribution in [1.82, 2.24) is 0 Å². The molecule has 0 radical (unpaired) electrons. The second kappa shape index (κ2) is 13.6. The smallest absolute Gasteiger partial charge is 0.339 e. The third-order valence-electron chi connectivity index (χ3n) is 3.89. The van der Waals surface area contributed by atoms with E-state index in [1.165, 1.54) is 0 Å². The molecule has 0 aliphatic rings. The summed E-state index contributed by atoms with van der Waals surface area (Å²) in [4.78, 5) is 0. The molecule has 0 unspecified atom stereocenters. The summed E-state index contributed by atoms with van der Waals surface area (Å²) in [7, 11) is -4.51. The molecule has 0 heterocycles. The topological polar surface area (TPSA) is 36.9 Å². The summed E-state index contributed by atoms with van der Waals surface area (Å²) >= 11 is 0. The summed E-state index contributed by atoms with van der Waals surface area (Å²) in [6, 6.07) is 1.93. The summed E-state index contributed by atoms with van der Waals surface area (Å²) in [6.45, 7) is 16.1. The van der Waals surface area contributed by atoms with E-state index in [0.717, 1.165) is 69.9 Å². The van der Waals surface area contributed by atoms with Gasteiger partial charge in [-0.1, -0.05) is 41.5 Å². The minimum absolute atomic E-state index is 0.777. The molecular formula is C17H40O4Si2. The Kier molecular flexibility index (Phi) is 13.7. The fourth-order valence-electron chi connectivity index (χ4n) is 2.51.